The van der Waals surface area contributed by atoms with E-state index in [-0.39, 0.29) is 34.2 Å². The minimum absolute atomic E-state index is 0.0999. The molecule has 2 heterocycles. The molecular weight excluding hydrogens is 369 g/mol. The average molecular weight is 390 g/mol. The van der Waals surface area contributed by atoms with Crippen LogP contribution in [0.15, 0.2) is 12.2 Å². The number of carbonyl (C=O) groups excluding carboxylic acids is 2. The van der Waals surface area contributed by atoms with Gasteiger partial charge in [0.05, 0.1) is 6.04 Å². The van der Waals surface area contributed by atoms with Crippen LogP contribution in [0.2, 0.25) is 0 Å². The Bertz CT molecular complexity index is 654. The molecule has 0 bridgehead atoms. The van der Waals surface area contributed by atoms with Gasteiger partial charge in [0.2, 0.25) is 16.0 Å². The standard InChI is InChI=1S/C16H21F3N4O2S/c1-2-10(9-12(24)11-5-3-4-8-20-11)6-7-13(25)21-15-23-22-14(26-15)16(17,18)19/h6-7,10-11,20H,2-5,8-9H2,1H3,(H,21,23,25)/b7-6+/t10-,11-/m0/s1. The predicted octanol–water partition coefficient (Wildman–Crippen LogP) is 3.18. The van der Waals surface area contributed by atoms with Gasteiger partial charge in [0.1, 0.15) is 5.78 Å². The van der Waals surface area contributed by atoms with E-state index in [2.05, 4.69) is 20.8 Å². The monoisotopic (exact) mass is 390 g/mol. The third-order valence-corrected chi connectivity index (χ3v) is 4.99. The second-order valence-corrected chi connectivity index (χ2v) is 7.08. The first-order valence-electron chi connectivity index (χ1n) is 8.45. The lowest BCUT2D eigenvalue weighted by molar-refractivity contribution is -0.138. The second-order valence-electron chi connectivity index (χ2n) is 6.10. The zero-order chi connectivity index (χ0) is 19.2. The molecule has 1 aliphatic rings. The number of hydrogen-bond acceptors (Lipinski definition) is 6. The van der Waals surface area contributed by atoms with Crippen LogP contribution in [0.25, 0.3) is 0 Å². The van der Waals surface area contributed by atoms with Crippen LogP contribution in [0.5, 0.6) is 0 Å². The number of nitrogens with zero attached hydrogens (tertiary/aromatic N) is 2. The molecule has 0 aliphatic carbocycles. The van der Waals surface area contributed by atoms with Crippen molar-refractivity contribution in [1.82, 2.24) is 15.5 Å². The van der Waals surface area contributed by atoms with Crippen molar-refractivity contribution in [3.8, 4) is 0 Å². The van der Waals surface area contributed by atoms with Gasteiger partial charge in [-0.15, -0.1) is 10.2 Å². The summed E-state index contributed by atoms with van der Waals surface area (Å²) in [4.78, 5) is 24.1. The quantitative estimate of drug-likeness (QED) is 0.699. The lowest BCUT2D eigenvalue weighted by Gasteiger charge is -2.23. The smallest absolute Gasteiger partial charge is 0.307 e. The fourth-order valence-electron chi connectivity index (χ4n) is 2.63. The Kier molecular flexibility index (Phi) is 7.27. The van der Waals surface area contributed by atoms with E-state index >= 15 is 0 Å². The zero-order valence-electron chi connectivity index (χ0n) is 14.3. The Morgan fingerprint density at radius 2 is 2.15 bits per heavy atom. The van der Waals surface area contributed by atoms with Crippen LogP contribution in [0.3, 0.4) is 0 Å². The molecule has 1 aromatic rings. The lowest BCUT2D eigenvalue weighted by atomic mass is 9.92. The summed E-state index contributed by atoms with van der Waals surface area (Å²) >= 11 is 0.262. The van der Waals surface area contributed by atoms with Crippen LogP contribution in [-0.2, 0) is 15.8 Å². The number of ketones is 1. The summed E-state index contributed by atoms with van der Waals surface area (Å²) < 4.78 is 37.4. The Morgan fingerprint density at radius 1 is 1.38 bits per heavy atom. The highest BCUT2D eigenvalue weighted by Crippen LogP contribution is 2.32. The van der Waals surface area contributed by atoms with E-state index in [1.54, 1.807) is 6.08 Å². The second kappa shape index (κ2) is 9.22. The topological polar surface area (TPSA) is 84.0 Å². The number of halogens is 3. The van der Waals surface area contributed by atoms with Gasteiger partial charge in [-0.2, -0.15) is 13.2 Å². The molecule has 0 saturated carbocycles. The van der Waals surface area contributed by atoms with Gasteiger partial charge in [0, 0.05) is 6.42 Å². The molecule has 1 fully saturated rings. The van der Waals surface area contributed by atoms with E-state index < -0.39 is 17.1 Å². The SMILES string of the molecule is CC[C@@H](/C=C/C(=O)Nc1nnc(C(F)(F)F)s1)CC(=O)[C@@H]1CCCCN1. The number of nitrogens with one attached hydrogen (secondary N) is 2. The molecule has 1 aromatic heterocycles. The van der Waals surface area contributed by atoms with Gasteiger partial charge in [-0.1, -0.05) is 30.8 Å². The van der Waals surface area contributed by atoms with Crippen LogP contribution >= 0.6 is 11.3 Å². The van der Waals surface area contributed by atoms with Crippen LogP contribution in [0.4, 0.5) is 18.3 Å². The van der Waals surface area contributed by atoms with E-state index in [0.717, 1.165) is 25.8 Å². The van der Waals surface area contributed by atoms with Crippen LogP contribution in [0.1, 0.15) is 44.0 Å². The molecular formula is C16H21F3N4O2S. The lowest BCUT2D eigenvalue weighted by Crippen LogP contribution is -2.40. The summed E-state index contributed by atoms with van der Waals surface area (Å²) in [6.45, 7) is 2.75. The average Bonchev–Trinajstić information content (AvgIpc) is 3.08. The van der Waals surface area contributed by atoms with Gasteiger partial charge in [-0.3, -0.25) is 14.9 Å². The molecule has 0 aromatic carbocycles. The van der Waals surface area contributed by atoms with Crippen molar-refractivity contribution >= 4 is 28.2 Å². The number of alkyl halides is 3. The minimum Gasteiger partial charge on any atom is -0.307 e. The number of amides is 1. The van der Waals surface area contributed by atoms with Crippen molar-refractivity contribution in [2.75, 3.05) is 11.9 Å². The van der Waals surface area contributed by atoms with Gasteiger partial charge < -0.3 is 5.32 Å². The van der Waals surface area contributed by atoms with E-state index in [1.165, 1.54) is 6.08 Å². The predicted molar refractivity (Wildman–Crippen MR) is 91.7 cm³/mol. The molecule has 144 valence electrons. The van der Waals surface area contributed by atoms with Crippen molar-refractivity contribution < 1.29 is 22.8 Å². The van der Waals surface area contributed by atoms with E-state index in [4.69, 9.17) is 0 Å². The zero-order valence-corrected chi connectivity index (χ0v) is 15.1. The number of allylic oxidation sites excluding steroid dienone is 1. The summed E-state index contributed by atoms with van der Waals surface area (Å²) in [5, 5.41) is 10.4. The highest BCUT2D eigenvalue weighted by Gasteiger charge is 2.35. The molecule has 6 nitrogen and oxygen atoms in total. The summed E-state index contributed by atoms with van der Waals surface area (Å²) in [7, 11) is 0. The van der Waals surface area contributed by atoms with Crippen molar-refractivity contribution in [1.29, 1.82) is 0 Å². The van der Waals surface area contributed by atoms with Crippen molar-refractivity contribution in [2.45, 2.75) is 51.2 Å². The van der Waals surface area contributed by atoms with Crippen molar-refractivity contribution in [3.63, 3.8) is 0 Å². The van der Waals surface area contributed by atoms with Crippen molar-refractivity contribution in [2.24, 2.45) is 5.92 Å². The number of hydrogen-bond donors (Lipinski definition) is 2. The number of Topliss-reactive ketones (excluding diaryl/α,β-unsaturated/α-hetero) is 1. The molecule has 0 radical (unpaired) electrons. The van der Waals surface area contributed by atoms with E-state index in [0.29, 0.717) is 12.8 Å². The molecule has 2 rings (SSSR count). The third-order valence-electron chi connectivity index (χ3n) is 4.10. The number of carbonyl (C=O) groups is 2. The number of anilines is 1. The highest BCUT2D eigenvalue weighted by molar-refractivity contribution is 7.15. The normalized spacial score (nSPS) is 19.5. The number of rotatable bonds is 7. The highest BCUT2D eigenvalue weighted by atomic mass is 32.1. The summed E-state index contributed by atoms with van der Waals surface area (Å²) in [5.74, 6) is -0.575. The molecule has 10 heteroatoms. The molecule has 1 amide bonds. The minimum atomic E-state index is -4.59. The third kappa shape index (κ3) is 6.17. The molecule has 2 atom stereocenters. The molecule has 0 spiro atoms. The number of piperidine rings is 1. The Labute approximate surface area is 153 Å². The molecule has 2 N–H and O–H groups in total. The van der Waals surface area contributed by atoms with Gasteiger partial charge in [-0.25, -0.2) is 0 Å². The summed E-state index contributed by atoms with van der Waals surface area (Å²) in [6, 6.07) is -0.123. The van der Waals surface area contributed by atoms with E-state index in [1.807, 2.05) is 6.92 Å². The Hall–Kier alpha value is -1.81. The first kappa shape index (κ1) is 20.5. The largest absolute Gasteiger partial charge is 0.445 e. The fraction of sp³-hybridized carbons (Fsp3) is 0.625. The maximum atomic E-state index is 12.5. The maximum absolute atomic E-state index is 12.5. The molecule has 1 saturated heterocycles. The Balaban J connectivity index is 1.86. The van der Waals surface area contributed by atoms with Gasteiger partial charge >= 0.3 is 6.18 Å². The van der Waals surface area contributed by atoms with Crippen LogP contribution < -0.4 is 10.6 Å². The molecule has 26 heavy (non-hydrogen) atoms. The molecule has 0 unspecified atom stereocenters. The maximum Gasteiger partial charge on any atom is 0.445 e. The number of aromatic nitrogens is 2. The Morgan fingerprint density at radius 3 is 2.73 bits per heavy atom. The van der Waals surface area contributed by atoms with Gasteiger partial charge in [0.15, 0.2) is 0 Å². The fourth-order valence-corrected chi connectivity index (χ4v) is 3.25. The van der Waals surface area contributed by atoms with E-state index in [9.17, 15) is 22.8 Å². The molecule has 1 aliphatic heterocycles. The summed E-state index contributed by atoms with van der Waals surface area (Å²) in [6.07, 6.45) is 2.19. The first-order valence-corrected chi connectivity index (χ1v) is 9.27. The van der Waals surface area contributed by atoms with Gasteiger partial charge in [-0.05, 0) is 37.8 Å². The summed E-state index contributed by atoms with van der Waals surface area (Å²) in [5.41, 5.74) is 0. The van der Waals surface area contributed by atoms with Crippen molar-refractivity contribution in [3.05, 3.63) is 17.2 Å². The first-order chi connectivity index (χ1) is 12.3. The van der Waals surface area contributed by atoms with Crippen LogP contribution in [0, 0.1) is 5.92 Å². The van der Waals surface area contributed by atoms with Gasteiger partial charge in [0.25, 0.3) is 0 Å². The van der Waals surface area contributed by atoms with Crippen LogP contribution in [-0.4, -0.2) is 34.5 Å².